The van der Waals surface area contributed by atoms with E-state index in [1.54, 1.807) is 0 Å². The largest absolute Gasteiger partial charge is 0.278 e. The molecule has 1 aliphatic heterocycles. The third-order valence-corrected chi connectivity index (χ3v) is 2.89. The highest BCUT2D eigenvalue weighted by Crippen LogP contribution is 2.18. The molecule has 0 bridgehead atoms. The molecule has 61 valence electrons. The van der Waals surface area contributed by atoms with Crippen LogP contribution in [-0.2, 0) is 0 Å². The summed E-state index contributed by atoms with van der Waals surface area (Å²) in [7, 11) is 0. The van der Waals surface area contributed by atoms with Crippen LogP contribution in [0.25, 0.3) is 0 Å². The SMILES string of the molecule is [c]1ccc(C2=NCCCS2)cc1. The molecule has 0 fully saturated rings. The van der Waals surface area contributed by atoms with Crippen LogP contribution in [0.1, 0.15) is 12.0 Å². The smallest absolute Gasteiger partial charge is 0.0976 e. The summed E-state index contributed by atoms with van der Waals surface area (Å²) in [5, 5.41) is 1.19. The van der Waals surface area contributed by atoms with Crippen LogP contribution in [0.2, 0.25) is 0 Å². The van der Waals surface area contributed by atoms with Crippen molar-refractivity contribution >= 4 is 16.8 Å². The first-order valence-electron chi connectivity index (χ1n) is 4.10. The second kappa shape index (κ2) is 3.76. The minimum absolute atomic E-state index is 0.987. The Kier molecular flexibility index (Phi) is 2.47. The molecule has 0 unspecified atom stereocenters. The van der Waals surface area contributed by atoms with Crippen molar-refractivity contribution in [2.75, 3.05) is 12.3 Å². The predicted molar refractivity (Wildman–Crippen MR) is 53.8 cm³/mol. The minimum Gasteiger partial charge on any atom is -0.278 e. The van der Waals surface area contributed by atoms with E-state index >= 15 is 0 Å². The van der Waals surface area contributed by atoms with Gasteiger partial charge in [0.2, 0.25) is 0 Å². The van der Waals surface area contributed by atoms with Gasteiger partial charge in [0.25, 0.3) is 0 Å². The van der Waals surface area contributed by atoms with Gasteiger partial charge in [0.05, 0.1) is 5.04 Å². The normalized spacial score (nSPS) is 17.2. The van der Waals surface area contributed by atoms with E-state index < -0.39 is 0 Å². The van der Waals surface area contributed by atoms with Crippen molar-refractivity contribution in [1.82, 2.24) is 0 Å². The van der Waals surface area contributed by atoms with Crippen LogP contribution < -0.4 is 0 Å². The van der Waals surface area contributed by atoms with E-state index in [4.69, 9.17) is 0 Å². The second-order valence-electron chi connectivity index (χ2n) is 2.68. The van der Waals surface area contributed by atoms with Gasteiger partial charge in [-0.1, -0.05) is 24.3 Å². The Balaban J connectivity index is 2.24. The maximum atomic E-state index is 4.47. The quantitative estimate of drug-likeness (QED) is 0.640. The summed E-state index contributed by atoms with van der Waals surface area (Å²) in [6, 6.07) is 11.0. The average molecular weight is 176 g/mol. The van der Waals surface area contributed by atoms with Crippen molar-refractivity contribution in [2.45, 2.75) is 6.42 Å². The molecule has 0 spiro atoms. The average Bonchev–Trinajstić information content (AvgIpc) is 2.21. The number of benzene rings is 1. The summed E-state index contributed by atoms with van der Waals surface area (Å²) < 4.78 is 0. The highest BCUT2D eigenvalue weighted by atomic mass is 32.2. The fraction of sp³-hybridized carbons (Fsp3) is 0.300. The van der Waals surface area contributed by atoms with E-state index in [1.807, 2.05) is 23.9 Å². The monoisotopic (exact) mass is 176 g/mol. The van der Waals surface area contributed by atoms with Gasteiger partial charge >= 0.3 is 0 Å². The first-order valence-corrected chi connectivity index (χ1v) is 5.09. The maximum Gasteiger partial charge on any atom is 0.0976 e. The zero-order valence-electron chi connectivity index (χ0n) is 6.79. The Morgan fingerprint density at radius 3 is 2.83 bits per heavy atom. The summed E-state index contributed by atoms with van der Waals surface area (Å²) in [6.45, 7) is 0.987. The molecule has 1 heterocycles. The molecule has 2 rings (SSSR count). The van der Waals surface area contributed by atoms with Gasteiger partial charge in [-0.05, 0) is 12.5 Å². The number of hydrogen-bond acceptors (Lipinski definition) is 2. The van der Waals surface area contributed by atoms with E-state index in [0.29, 0.717) is 0 Å². The van der Waals surface area contributed by atoms with Crippen molar-refractivity contribution < 1.29 is 0 Å². The molecule has 1 radical (unpaired) electrons. The van der Waals surface area contributed by atoms with E-state index in [-0.39, 0.29) is 0 Å². The molecular weight excluding hydrogens is 166 g/mol. The zero-order chi connectivity index (χ0) is 8.23. The van der Waals surface area contributed by atoms with Gasteiger partial charge in [-0.15, -0.1) is 11.8 Å². The van der Waals surface area contributed by atoms with Gasteiger partial charge in [0.1, 0.15) is 0 Å². The van der Waals surface area contributed by atoms with Crippen molar-refractivity contribution in [3.63, 3.8) is 0 Å². The highest BCUT2D eigenvalue weighted by molar-refractivity contribution is 8.14. The topological polar surface area (TPSA) is 12.4 Å². The van der Waals surface area contributed by atoms with Crippen molar-refractivity contribution in [3.05, 3.63) is 35.9 Å². The van der Waals surface area contributed by atoms with Crippen LogP contribution in [0.3, 0.4) is 0 Å². The Morgan fingerprint density at radius 1 is 1.33 bits per heavy atom. The third kappa shape index (κ3) is 1.69. The molecule has 0 aliphatic carbocycles. The van der Waals surface area contributed by atoms with Crippen LogP contribution in [0, 0.1) is 6.07 Å². The van der Waals surface area contributed by atoms with Gasteiger partial charge in [0, 0.05) is 17.9 Å². The molecule has 0 atom stereocenters. The number of aliphatic imine (C=N–C) groups is 1. The first kappa shape index (κ1) is 7.87. The molecule has 1 aromatic rings. The molecule has 0 saturated heterocycles. The molecule has 0 aromatic heterocycles. The van der Waals surface area contributed by atoms with Crippen LogP contribution in [0.4, 0.5) is 0 Å². The van der Waals surface area contributed by atoms with Crippen LogP contribution in [-0.4, -0.2) is 17.3 Å². The molecule has 12 heavy (non-hydrogen) atoms. The summed E-state index contributed by atoms with van der Waals surface area (Å²) in [5.74, 6) is 1.21. The number of thioether (sulfide) groups is 1. The standard InChI is InChI=1S/C10H10NS/c1-2-5-9(6-3-1)10-11-7-4-8-12-10/h2-3,5-6H,4,7-8H2. The third-order valence-electron chi connectivity index (χ3n) is 1.76. The Bertz CT molecular complexity index is 279. The van der Waals surface area contributed by atoms with E-state index in [0.717, 1.165) is 6.54 Å². The summed E-state index contributed by atoms with van der Waals surface area (Å²) >= 11 is 1.85. The molecule has 0 amide bonds. The van der Waals surface area contributed by atoms with Gasteiger partial charge < -0.3 is 0 Å². The number of hydrogen-bond donors (Lipinski definition) is 0. The summed E-state index contributed by atoms with van der Waals surface area (Å²) in [6.07, 6.45) is 1.22. The molecule has 0 N–H and O–H groups in total. The molecule has 2 heteroatoms. The zero-order valence-corrected chi connectivity index (χ0v) is 7.60. The van der Waals surface area contributed by atoms with Crippen LogP contribution in [0.5, 0.6) is 0 Å². The first-order chi connectivity index (χ1) is 5.97. The molecule has 1 aliphatic rings. The molecule has 1 aromatic carbocycles. The lowest BCUT2D eigenvalue weighted by molar-refractivity contribution is 0.939. The van der Waals surface area contributed by atoms with Crippen molar-refractivity contribution in [2.24, 2.45) is 4.99 Å². The van der Waals surface area contributed by atoms with Crippen molar-refractivity contribution in [1.29, 1.82) is 0 Å². The van der Waals surface area contributed by atoms with Crippen LogP contribution in [0.15, 0.2) is 29.3 Å². The Morgan fingerprint density at radius 2 is 2.17 bits per heavy atom. The van der Waals surface area contributed by atoms with Gasteiger partial charge in [0.15, 0.2) is 0 Å². The van der Waals surface area contributed by atoms with E-state index in [1.165, 1.54) is 22.8 Å². The van der Waals surface area contributed by atoms with Gasteiger partial charge in [-0.2, -0.15) is 0 Å². The maximum absolute atomic E-state index is 4.47. The molecule has 0 saturated carbocycles. The minimum atomic E-state index is 0.987. The lowest BCUT2D eigenvalue weighted by Crippen LogP contribution is -2.04. The highest BCUT2D eigenvalue weighted by Gasteiger charge is 2.06. The predicted octanol–water partition coefficient (Wildman–Crippen LogP) is 2.37. The number of nitrogens with zero attached hydrogens (tertiary/aromatic N) is 1. The van der Waals surface area contributed by atoms with Gasteiger partial charge in [-0.25, -0.2) is 0 Å². The molecular formula is C10H10NS. The fourth-order valence-corrected chi connectivity index (χ4v) is 2.12. The van der Waals surface area contributed by atoms with Gasteiger partial charge in [-0.3, -0.25) is 4.99 Å². The van der Waals surface area contributed by atoms with E-state index in [9.17, 15) is 0 Å². The summed E-state index contributed by atoms with van der Waals surface area (Å²) in [5.41, 5.74) is 1.23. The fourth-order valence-electron chi connectivity index (χ4n) is 1.16. The van der Waals surface area contributed by atoms with Crippen molar-refractivity contribution in [3.8, 4) is 0 Å². The Labute approximate surface area is 76.9 Å². The van der Waals surface area contributed by atoms with E-state index in [2.05, 4.69) is 23.2 Å². The lowest BCUT2D eigenvalue weighted by Gasteiger charge is -2.10. The lowest BCUT2D eigenvalue weighted by atomic mass is 10.2. The Hall–Kier alpha value is -0.760. The second-order valence-corrected chi connectivity index (χ2v) is 3.76. The number of rotatable bonds is 1. The summed E-state index contributed by atoms with van der Waals surface area (Å²) in [4.78, 5) is 4.47. The molecule has 1 nitrogen and oxygen atoms in total. The van der Waals surface area contributed by atoms with Crippen LogP contribution >= 0.6 is 11.8 Å².